The van der Waals surface area contributed by atoms with Gasteiger partial charge in [-0.1, -0.05) is 44.3 Å². The molecule has 0 spiro atoms. The van der Waals surface area contributed by atoms with Crippen LogP contribution in [0.15, 0.2) is 29.3 Å². The molecule has 1 aromatic rings. The number of carbonyl (C=O) groups is 1. The predicted octanol–water partition coefficient (Wildman–Crippen LogP) is 2.99. The van der Waals surface area contributed by atoms with E-state index >= 15 is 0 Å². The Morgan fingerprint density at radius 3 is 2.52 bits per heavy atom. The third-order valence-corrected chi connectivity index (χ3v) is 4.26. The lowest BCUT2D eigenvalue weighted by Crippen LogP contribution is -2.39. The molecule has 114 valence electrons. The van der Waals surface area contributed by atoms with Crippen LogP contribution < -0.4 is 5.32 Å². The van der Waals surface area contributed by atoms with E-state index in [2.05, 4.69) is 19.2 Å². The Hall–Kier alpha value is -1.46. The van der Waals surface area contributed by atoms with Crippen molar-refractivity contribution >= 4 is 41.4 Å². The third-order valence-electron chi connectivity index (χ3n) is 3.75. The summed E-state index contributed by atoms with van der Waals surface area (Å²) in [5.41, 5.74) is 0.761. The Morgan fingerprint density at radius 2 is 2.00 bits per heavy atom. The van der Waals surface area contributed by atoms with Gasteiger partial charge in [-0.05, 0) is 18.9 Å². The van der Waals surface area contributed by atoms with E-state index in [4.69, 9.17) is 21.9 Å². The molecule has 2 rings (SSSR count). The monoisotopic (exact) mass is 326 g/mol. The van der Waals surface area contributed by atoms with Crippen LogP contribution in [0.3, 0.4) is 0 Å². The van der Waals surface area contributed by atoms with Gasteiger partial charge in [0, 0.05) is 5.56 Å². The van der Waals surface area contributed by atoms with Crippen molar-refractivity contribution in [2.75, 3.05) is 7.11 Å². The maximum Gasteiger partial charge on any atom is 0.338 e. The van der Waals surface area contributed by atoms with Gasteiger partial charge in [0.1, 0.15) is 16.4 Å². The molecular weight excluding hydrogens is 308 g/mol. The van der Waals surface area contributed by atoms with E-state index in [9.17, 15) is 4.79 Å². The van der Waals surface area contributed by atoms with Gasteiger partial charge in [-0.25, -0.2) is 4.79 Å². The number of nitrogens with zero attached hydrogens (tertiary/aromatic N) is 1. The molecule has 1 heterocycles. The summed E-state index contributed by atoms with van der Waals surface area (Å²) in [6.07, 6.45) is 0. The van der Waals surface area contributed by atoms with Crippen LogP contribution in [0.4, 0.5) is 0 Å². The number of ether oxygens (including phenoxy) is 1. The number of benzene rings is 1. The lowest BCUT2D eigenvalue weighted by atomic mass is 9.90. The zero-order valence-electron chi connectivity index (χ0n) is 12.5. The Labute approximate surface area is 136 Å². The highest BCUT2D eigenvalue weighted by atomic mass is 35.5. The SMILES string of the molecule is COC(=O)c1ccccc1C1=NC(C)(C(C)C)C(=S)N1.Cl. The molecule has 4 nitrogen and oxygen atoms in total. The molecule has 1 aliphatic heterocycles. The summed E-state index contributed by atoms with van der Waals surface area (Å²) >= 11 is 5.40. The van der Waals surface area contributed by atoms with Crippen molar-refractivity contribution < 1.29 is 9.53 Å². The summed E-state index contributed by atoms with van der Waals surface area (Å²) in [5.74, 6) is 0.520. The maximum absolute atomic E-state index is 11.8. The fourth-order valence-corrected chi connectivity index (χ4v) is 2.42. The number of rotatable bonds is 3. The first-order valence-corrected chi connectivity index (χ1v) is 6.90. The number of hydrogen-bond acceptors (Lipinski definition) is 4. The van der Waals surface area contributed by atoms with E-state index < -0.39 is 5.54 Å². The highest BCUT2D eigenvalue weighted by molar-refractivity contribution is 7.80. The molecule has 0 saturated carbocycles. The summed E-state index contributed by atoms with van der Waals surface area (Å²) in [7, 11) is 1.37. The van der Waals surface area contributed by atoms with Crippen molar-refractivity contribution in [3.63, 3.8) is 0 Å². The Balaban J connectivity index is 0.00000220. The molecule has 0 aromatic heterocycles. The fourth-order valence-electron chi connectivity index (χ4n) is 2.04. The molecule has 1 atom stereocenters. The van der Waals surface area contributed by atoms with Crippen LogP contribution in [0.2, 0.25) is 0 Å². The lowest BCUT2D eigenvalue weighted by Gasteiger charge is -2.24. The molecule has 6 heteroatoms. The average molecular weight is 327 g/mol. The second-order valence-electron chi connectivity index (χ2n) is 5.25. The first-order valence-electron chi connectivity index (χ1n) is 6.49. The van der Waals surface area contributed by atoms with Crippen LogP contribution in [0, 0.1) is 5.92 Å². The second kappa shape index (κ2) is 6.54. The van der Waals surface area contributed by atoms with Crippen LogP contribution >= 0.6 is 24.6 Å². The lowest BCUT2D eigenvalue weighted by molar-refractivity contribution is 0.0600. The Kier molecular flexibility index (Phi) is 5.48. The van der Waals surface area contributed by atoms with Gasteiger partial charge in [0.2, 0.25) is 0 Å². The van der Waals surface area contributed by atoms with E-state index in [0.29, 0.717) is 22.0 Å². The fraction of sp³-hybridized carbons (Fsp3) is 0.400. The summed E-state index contributed by atoms with van der Waals surface area (Å²) in [4.78, 5) is 17.2. The first-order chi connectivity index (χ1) is 9.40. The number of halogens is 1. The third kappa shape index (κ3) is 3.09. The van der Waals surface area contributed by atoms with E-state index in [1.165, 1.54) is 7.11 Å². The largest absolute Gasteiger partial charge is 0.465 e. The number of nitrogens with one attached hydrogen (secondary N) is 1. The van der Waals surface area contributed by atoms with Crippen LogP contribution in [0.25, 0.3) is 0 Å². The molecule has 1 aliphatic rings. The predicted molar refractivity (Wildman–Crippen MR) is 90.5 cm³/mol. The normalized spacial score (nSPS) is 20.6. The van der Waals surface area contributed by atoms with Gasteiger partial charge in [0.25, 0.3) is 0 Å². The van der Waals surface area contributed by atoms with Gasteiger partial charge in [0.15, 0.2) is 0 Å². The molecule has 1 unspecified atom stereocenters. The summed E-state index contributed by atoms with van der Waals surface area (Å²) in [6.45, 7) is 6.15. The van der Waals surface area contributed by atoms with Gasteiger partial charge in [-0.3, -0.25) is 4.99 Å². The van der Waals surface area contributed by atoms with Crippen molar-refractivity contribution in [1.29, 1.82) is 0 Å². The molecule has 0 bridgehead atoms. The van der Waals surface area contributed by atoms with E-state index in [0.717, 1.165) is 0 Å². The standard InChI is InChI=1S/C15H18N2O2S.ClH/c1-9(2)15(3)14(20)16-12(17-15)10-7-5-6-8-11(10)13(18)19-4;/h5-9H,1-4H3,(H,16,17,20);1H. The number of thiocarbonyl (C=S) groups is 1. The number of aliphatic imine (C=N–C) groups is 1. The Morgan fingerprint density at radius 1 is 1.38 bits per heavy atom. The van der Waals surface area contributed by atoms with Crippen molar-refractivity contribution in [2.45, 2.75) is 26.3 Å². The van der Waals surface area contributed by atoms with Crippen molar-refractivity contribution in [3.8, 4) is 0 Å². The van der Waals surface area contributed by atoms with Gasteiger partial charge in [-0.2, -0.15) is 0 Å². The van der Waals surface area contributed by atoms with Crippen LogP contribution in [-0.2, 0) is 4.74 Å². The quantitative estimate of drug-likeness (QED) is 0.685. The first kappa shape index (κ1) is 17.6. The molecule has 1 N–H and O–H groups in total. The van der Waals surface area contributed by atoms with Crippen molar-refractivity contribution in [3.05, 3.63) is 35.4 Å². The van der Waals surface area contributed by atoms with E-state index in [-0.39, 0.29) is 24.3 Å². The molecule has 0 aliphatic carbocycles. The summed E-state index contributed by atoms with van der Waals surface area (Å²) < 4.78 is 4.81. The molecule has 21 heavy (non-hydrogen) atoms. The number of hydrogen-bond donors (Lipinski definition) is 1. The molecule has 0 amide bonds. The van der Waals surface area contributed by atoms with Gasteiger partial charge < -0.3 is 10.1 Å². The minimum absolute atomic E-state index is 0. The summed E-state index contributed by atoms with van der Waals surface area (Å²) in [5, 5.41) is 3.14. The summed E-state index contributed by atoms with van der Waals surface area (Å²) in [6, 6.07) is 7.22. The smallest absolute Gasteiger partial charge is 0.338 e. The number of amidine groups is 1. The molecule has 0 radical (unpaired) electrons. The number of carbonyl (C=O) groups excluding carboxylic acids is 1. The van der Waals surface area contributed by atoms with E-state index in [1.54, 1.807) is 12.1 Å². The van der Waals surface area contributed by atoms with Crippen LogP contribution in [0.5, 0.6) is 0 Å². The molecule has 0 saturated heterocycles. The zero-order valence-corrected chi connectivity index (χ0v) is 14.1. The van der Waals surface area contributed by atoms with Crippen LogP contribution in [-0.4, -0.2) is 29.4 Å². The van der Waals surface area contributed by atoms with Gasteiger partial charge in [0.05, 0.1) is 12.7 Å². The minimum atomic E-state index is -0.437. The zero-order chi connectivity index (χ0) is 14.9. The molecular formula is C15H19ClN2O2S. The average Bonchev–Trinajstić information content (AvgIpc) is 2.75. The van der Waals surface area contributed by atoms with Gasteiger partial charge in [-0.15, -0.1) is 12.4 Å². The number of methoxy groups -OCH3 is 1. The van der Waals surface area contributed by atoms with Crippen molar-refractivity contribution in [2.24, 2.45) is 10.9 Å². The van der Waals surface area contributed by atoms with E-state index in [1.807, 2.05) is 19.1 Å². The molecule has 1 aromatic carbocycles. The molecule has 0 fully saturated rings. The highest BCUT2D eigenvalue weighted by Crippen LogP contribution is 2.28. The highest BCUT2D eigenvalue weighted by Gasteiger charge is 2.39. The van der Waals surface area contributed by atoms with Gasteiger partial charge >= 0.3 is 5.97 Å². The Bertz CT molecular complexity index is 601. The topological polar surface area (TPSA) is 50.7 Å². The minimum Gasteiger partial charge on any atom is -0.465 e. The van der Waals surface area contributed by atoms with Crippen molar-refractivity contribution in [1.82, 2.24) is 5.32 Å². The maximum atomic E-state index is 11.8. The number of esters is 1. The second-order valence-corrected chi connectivity index (χ2v) is 5.66. The van der Waals surface area contributed by atoms with Crippen LogP contribution in [0.1, 0.15) is 36.7 Å².